The summed E-state index contributed by atoms with van der Waals surface area (Å²) in [5, 5.41) is 0. The van der Waals surface area contributed by atoms with Gasteiger partial charge in [0.25, 0.3) is 0 Å². The standard InChI is InChI=1S/C13H16F3NO/c1-9(2)17-7-11(8-17)10-3-5-12(6-4-10)18-13(14,15)16/h3-6,9,11H,7-8H2,1-2H3. The number of halogens is 3. The fourth-order valence-electron chi connectivity index (χ4n) is 2.09. The summed E-state index contributed by atoms with van der Waals surface area (Å²) in [7, 11) is 0. The van der Waals surface area contributed by atoms with Gasteiger partial charge in [0.1, 0.15) is 5.75 Å². The van der Waals surface area contributed by atoms with E-state index in [9.17, 15) is 13.2 Å². The van der Waals surface area contributed by atoms with Crippen molar-refractivity contribution in [2.24, 2.45) is 0 Å². The van der Waals surface area contributed by atoms with Gasteiger partial charge in [0, 0.05) is 25.0 Å². The lowest BCUT2D eigenvalue weighted by atomic mass is 9.90. The van der Waals surface area contributed by atoms with Crippen LogP contribution in [0.1, 0.15) is 25.3 Å². The lowest BCUT2D eigenvalue weighted by molar-refractivity contribution is -0.274. The molecule has 0 spiro atoms. The maximum absolute atomic E-state index is 12.0. The van der Waals surface area contributed by atoms with Gasteiger partial charge in [0.05, 0.1) is 0 Å². The smallest absolute Gasteiger partial charge is 0.406 e. The summed E-state index contributed by atoms with van der Waals surface area (Å²) >= 11 is 0. The molecule has 0 N–H and O–H groups in total. The van der Waals surface area contributed by atoms with E-state index in [4.69, 9.17) is 0 Å². The van der Waals surface area contributed by atoms with Gasteiger partial charge in [0.15, 0.2) is 0 Å². The molecular formula is C13H16F3NO. The van der Waals surface area contributed by atoms with Crippen molar-refractivity contribution in [2.75, 3.05) is 13.1 Å². The Morgan fingerprint density at radius 3 is 2.17 bits per heavy atom. The number of hydrogen-bond acceptors (Lipinski definition) is 2. The molecule has 0 amide bonds. The number of likely N-dealkylation sites (tertiary alicyclic amines) is 1. The molecule has 18 heavy (non-hydrogen) atoms. The third-order valence-electron chi connectivity index (χ3n) is 3.23. The van der Waals surface area contributed by atoms with E-state index in [1.807, 2.05) is 0 Å². The van der Waals surface area contributed by atoms with Crippen LogP contribution in [-0.2, 0) is 0 Å². The fraction of sp³-hybridized carbons (Fsp3) is 0.538. The molecule has 0 aromatic heterocycles. The van der Waals surface area contributed by atoms with Gasteiger partial charge in [-0.3, -0.25) is 4.90 Å². The monoisotopic (exact) mass is 259 g/mol. The largest absolute Gasteiger partial charge is 0.573 e. The Hall–Kier alpha value is -1.23. The van der Waals surface area contributed by atoms with Gasteiger partial charge in [-0.25, -0.2) is 0 Å². The first-order chi connectivity index (χ1) is 8.35. The van der Waals surface area contributed by atoms with Gasteiger partial charge < -0.3 is 4.74 Å². The van der Waals surface area contributed by atoms with Gasteiger partial charge in [-0.05, 0) is 31.5 Å². The zero-order valence-electron chi connectivity index (χ0n) is 10.4. The Balaban J connectivity index is 1.93. The van der Waals surface area contributed by atoms with Crippen LogP contribution in [0.25, 0.3) is 0 Å². The molecule has 0 saturated carbocycles. The minimum Gasteiger partial charge on any atom is -0.406 e. The molecular weight excluding hydrogens is 243 g/mol. The van der Waals surface area contributed by atoms with Gasteiger partial charge in [-0.2, -0.15) is 0 Å². The van der Waals surface area contributed by atoms with Crippen molar-refractivity contribution in [3.8, 4) is 5.75 Å². The van der Waals surface area contributed by atoms with E-state index in [1.165, 1.54) is 12.1 Å². The first-order valence-electron chi connectivity index (χ1n) is 5.95. The molecule has 0 bridgehead atoms. The van der Waals surface area contributed by atoms with Crippen LogP contribution in [0.15, 0.2) is 24.3 Å². The van der Waals surface area contributed by atoms with Crippen molar-refractivity contribution in [3.63, 3.8) is 0 Å². The molecule has 5 heteroatoms. The van der Waals surface area contributed by atoms with Crippen molar-refractivity contribution >= 4 is 0 Å². The van der Waals surface area contributed by atoms with Crippen LogP contribution >= 0.6 is 0 Å². The third-order valence-corrected chi connectivity index (χ3v) is 3.23. The fourth-order valence-corrected chi connectivity index (χ4v) is 2.09. The molecule has 2 nitrogen and oxygen atoms in total. The van der Waals surface area contributed by atoms with E-state index >= 15 is 0 Å². The minimum absolute atomic E-state index is 0.161. The summed E-state index contributed by atoms with van der Waals surface area (Å²) in [6, 6.07) is 6.70. The predicted octanol–water partition coefficient (Wildman–Crippen LogP) is 3.39. The van der Waals surface area contributed by atoms with Crippen molar-refractivity contribution in [3.05, 3.63) is 29.8 Å². The van der Waals surface area contributed by atoms with E-state index < -0.39 is 6.36 Å². The van der Waals surface area contributed by atoms with Gasteiger partial charge >= 0.3 is 6.36 Å². The quantitative estimate of drug-likeness (QED) is 0.825. The van der Waals surface area contributed by atoms with Crippen LogP contribution in [0.5, 0.6) is 5.75 Å². The highest BCUT2D eigenvalue weighted by atomic mass is 19.4. The second-order valence-electron chi connectivity index (χ2n) is 4.86. The molecule has 0 aliphatic carbocycles. The minimum atomic E-state index is -4.62. The van der Waals surface area contributed by atoms with Gasteiger partial charge in [-0.1, -0.05) is 12.1 Å². The number of rotatable bonds is 3. The lowest BCUT2D eigenvalue weighted by Crippen LogP contribution is -2.48. The Morgan fingerprint density at radius 1 is 1.17 bits per heavy atom. The Morgan fingerprint density at radius 2 is 1.72 bits per heavy atom. The Labute approximate surface area is 104 Å². The first kappa shape index (κ1) is 13.2. The summed E-state index contributed by atoms with van der Waals surface area (Å²) in [4.78, 5) is 2.32. The highest BCUT2D eigenvalue weighted by molar-refractivity contribution is 5.31. The van der Waals surface area contributed by atoms with Crippen LogP contribution in [0.4, 0.5) is 13.2 Å². The van der Waals surface area contributed by atoms with E-state index in [-0.39, 0.29) is 5.75 Å². The normalized spacial score (nSPS) is 17.9. The maximum Gasteiger partial charge on any atom is 0.573 e. The van der Waals surface area contributed by atoms with Crippen molar-refractivity contribution in [1.82, 2.24) is 4.90 Å². The predicted molar refractivity (Wildman–Crippen MR) is 62.6 cm³/mol. The van der Waals surface area contributed by atoms with Crippen LogP contribution in [0.3, 0.4) is 0 Å². The Kier molecular flexibility index (Phi) is 3.52. The topological polar surface area (TPSA) is 12.5 Å². The zero-order valence-corrected chi connectivity index (χ0v) is 10.4. The van der Waals surface area contributed by atoms with Crippen LogP contribution in [0.2, 0.25) is 0 Å². The first-order valence-corrected chi connectivity index (χ1v) is 5.95. The molecule has 2 rings (SSSR count). The molecule has 1 aliphatic rings. The van der Waals surface area contributed by atoms with E-state index in [0.717, 1.165) is 18.7 Å². The molecule has 100 valence electrons. The van der Waals surface area contributed by atoms with E-state index in [2.05, 4.69) is 23.5 Å². The highest BCUT2D eigenvalue weighted by Crippen LogP contribution is 2.30. The number of nitrogens with zero attached hydrogens (tertiary/aromatic N) is 1. The lowest BCUT2D eigenvalue weighted by Gasteiger charge is -2.42. The van der Waals surface area contributed by atoms with Crippen molar-refractivity contribution < 1.29 is 17.9 Å². The van der Waals surface area contributed by atoms with Crippen molar-refractivity contribution in [1.29, 1.82) is 0 Å². The Bertz CT molecular complexity index is 394. The van der Waals surface area contributed by atoms with Crippen LogP contribution in [0, 0.1) is 0 Å². The summed E-state index contributed by atoms with van der Waals surface area (Å²) in [5.74, 6) is 0.263. The second kappa shape index (κ2) is 4.80. The number of ether oxygens (including phenoxy) is 1. The van der Waals surface area contributed by atoms with E-state index in [1.54, 1.807) is 12.1 Å². The summed E-state index contributed by atoms with van der Waals surface area (Å²) in [6.45, 7) is 6.21. The van der Waals surface area contributed by atoms with Crippen LogP contribution in [-0.4, -0.2) is 30.4 Å². The van der Waals surface area contributed by atoms with Gasteiger partial charge in [0.2, 0.25) is 0 Å². The molecule has 0 radical (unpaired) electrons. The zero-order chi connectivity index (χ0) is 13.3. The summed E-state index contributed by atoms with van der Waals surface area (Å²) in [6.07, 6.45) is -4.62. The SMILES string of the molecule is CC(C)N1CC(c2ccc(OC(F)(F)F)cc2)C1. The number of alkyl halides is 3. The highest BCUT2D eigenvalue weighted by Gasteiger charge is 2.32. The number of benzene rings is 1. The molecule has 0 atom stereocenters. The summed E-state index contributed by atoms with van der Waals surface area (Å²) in [5.41, 5.74) is 1.07. The average molecular weight is 259 g/mol. The maximum atomic E-state index is 12.0. The van der Waals surface area contributed by atoms with Crippen molar-refractivity contribution in [2.45, 2.75) is 32.2 Å². The second-order valence-corrected chi connectivity index (χ2v) is 4.86. The van der Waals surface area contributed by atoms with Crippen LogP contribution < -0.4 is 4.74 Å². The van der Waals surface area contributed by atoms with Gasteiger partial charge in [-0.15, -0.1) is 13.2 Å². The summed E-state index contributed by atoms with van der Waals surface area (Å²) < 4.78 is 39.8. The average Bonchev–Trinajstić information content (AvgIpc) is 2.15. The third kappa shape index (κ3) is 3.16. The molecule has 0 unspecified atom stereocenters. The number of hydrogen-bond donors (Lipinski definition) is 0. The molecule has 1 heterocycles. The molecule has 1 aromatic rings. The van der Waals surface area contributed by atoms with E-state index in [0.29, 0.717) is 12.0 Å². The molecule has 1 saturated heterocycles. The molecule has 1 fully saturated rings. The molecule has 1 aromatic carbocycles. The molecule has 1 aliphatic heterocycles.